The van der Waals surface area contributed by atoms with Crippen LogP contribution in [0.2, 0.25) is 4.47 Å². The summed E-state index contributed by atoms with van der Waals surface area (Å²) in [7, 11) is 1.57. The number of ether oxygens (including phenoxy) is 1. The number of pyridine rings is 1. The Morgan fingerprint density at radius 3 is 2.88 bits per heavy atom. The highest BCUT2D eigenvalue weighted by molar-refractivity contribution is 7.15. The summed E-state index contributed by atoms with van der Waals surface area (Å²) in [5, 5.41) is 11.4. The molecule has 33 heavy (non-hydrogen) atoms. The lowest BCUT2D eigenvalue weighted by Gasteiger charge is -2.12. The van der Waals surface area contributed by atoms with Gasteiger partial charge < -0.3 is 9.84 Å². The zero-order chi connectivity index (χ0) is 23.1. The van der Waals surface area contributed by atoms with E-state index in [9.17, 15) is 9.90 Å². The Bertz CT molecular complexity index is 1510. The molecular weight excluding hydrogens is 458 g/mol. The Hall–Kier alpha value is -3.34. The van der Waals surface area contributed by atoms with Gasteiger partial charge in [0.2, 0.25) is 0 Å². The van der Waals surface area contributed by atoms with Crippen LogP contribution in [0.25, 0.3) is 16.8 Å². The van der Waals surface area contributed by atoms with Crippen LogP contribution in [0.1, 0.15) is 28.8 Å². The Balaban J connectivity index is 1.76. The number of aryl methyl sites for hydroxylation is 1. The molecule has 1 fully saturated rings. The summed E-state index contributed by atoms with van der Waals surface area (Å²) in [4.78, 5) is 18.5. The van der Waals surface area contributed by atoms with Gasteiger partial charge in [0.1, 0.15) is 12.3 Å². The highest BCUT2D eigenvalue weighted by Crippen LogP contribution is 2.31. The van der Waals surface area contributed by atoms with Crippen molar-refractivity contribution in [3.8, 4) is 34.6 Å². The van der Waals surface area contributed by atoms with Gasteiger partial charge in [0.25, 0.3) is 11.5 Å². The molecule has 1 N–H and O–H groups in total. The minimum absolute atomic E-state index is 0.131. The molecule has 166 valence electrons. The van der Waals surface area contributed by atoms with Crippen LogP contribution >= 0.6 is 22.9 Å². The van der Waals surface area contributed by atoms with E-state index in [-0.39, 0.29) is 17.0 Å². The number of halogens is 1. The van der Waals surface area contributed by atoms with Gasteiger partial charge in [-0.25, -0.2) is 9.78 Å². The van der Waals surface area contributed by atoms with Gasteiger partial charge in [-0.2, -0.15) is 8.97 Å². The molecule has 1 aromatic carbocycles. The van der Waals surface area contributed by atoms with Crippen LogP contribution in [-0.2, 0) is 6.54 Å². The molecule has 1 aliphatic carbocycles. The summed E-state index contributed by atoms with van der Waals surface area (Å²) in [6.07, 6.45) is 5.63. The van der Waals surface area contributed by atoms with E-state index in [0.717, 1.165) is 28.8 Å². The van der Waals surface area contributed by atoms with Gasteiger partial charge in [0, 0.05) is 28.8 Å². The fourth-order valence-corrected chi connectivity index (χ4v) is 4.80. The van der Waals surface area contributed by atoms with E-state index in [1.165, 1.54) is 11.3 Å². The van der Waals surface area contributed by atoms with E-state index in [0.29, 0.717) is 33.9 Å². The summed E-state index contributed by atoms with van der Waals surface area (Å²) in [6, 6.07) is 9.13. The van der Waals surface area contributed by atoms with Crippen molar-refractivity contribution in [1.82, 2.24) is 9.38 Å². The topological polar surface area (TPSA) is 67.7 Å². The van der Waals surface area contributed by atoms with Gasteiger partial charge in [-0.1, -0.05) is 23.4 Å². The molecule has 0 spiro atoms. The number of aromatic hydroxyl groups is 1. The highest BCUT2D eigenvalue weighted by atomic mass is 35.5. The quantitative estimate of drug-likeness (QED) is 0.352. The van der Waals surface area contributed by atoms with Crippen LogP contribution in [0.3, 0.4) is 0 Å². The fourth-order valence-electron chi connectivity index (χ4n) is 3.83. The third-order valence-electron chi connectivity index (χ3n) is 5.60. The number of rotatable bonds is 4. The second kappa shape index (κ2) is 8.54. The molecule has 3 heterocycles. The molecule has 5 rings (SSSR count). The Labute approximate surface area is 199 Å². The first-order valence-electron chi connectivity index (χ1n) is 10.5. The van der Waals surface area contributed by atoms with Crippen LogP contribution in [0.4, 0.5) is 0 Å². The van der Waals surface area contributed by atoms with Crippen LogP contribution in [-0.4, -0.2) is 21.6 Å². The molecule has 0 atom stereocenters. The van der Waals surface area contributed by atoms with E-state index in [1.807, 2.05) is 31.2 Å². The third-order valence-corrected chi connectivity index (χ3v) is 6.70. The first-order chi connectivity index (χ1) is 15.9. The van der Waals surface area contributed by atoms with Crippen LogP contribution < -0.4 is 14.9 Å². The van der Waals surface area contributed by atoms with Crippen molar-refractivity contribution in [3.63, 3.8) is 0 Å². The van der Waals surface area contributed by atoms with E-state index in [1.54, 1.807) is 34.5 Å². The molecule has 1 aliphatic rings. The van der Waals surface area contributed by atoms with E-state index < -0.39 is 0 Å². The molecular formula is C25H21ClN3O3S+. The summed E-state index contributed by atoms with van der Waals surface area (Å²) < 4.78 is 9.16. The average molecular weight is 479 g/mol. The number of methoxy groups -OCH3 is 1. The first-order valence-corrected chi connectivity index (χ1v) is 11.7. The molecule has 3 aromatic heterocycles. The lowest BCUT2D eigenvalue weighted by atomic mass is 10.0. The first kappa shape index (κ1) is 21.5. The van der Waals surface area contributed by atoms with Gasteiger partial charge in [0.05, 0.1) is 18.2 Å². The maximum atomic E-state index is 13.6. The standard InChI is InChI=1S/C25H20ClN3O3S/c1-15-4-3-9-28-22(15)29(14-20-13-27-25(26)33-20)24(31)21(23(28)30)18-10-17(8-7-16-5-6-16)11-19(12-18)32-2/h3-4,9-13,16H,5-6,14H2,1-2H3/p+1. The van der Waals surface area contributed by atoms with Gasteiger partial charge in [-0.15, -0.1) is 11.3 Å². The van der Waals surface area contributed by atoms with Crippen molar-refractivity contribution < 1.29 is 14.4 Å². The summed E-state index contributed by atoms with van der Waals surface area (Å²) in [6.45, 7) is 2.22. The largest absolute Gasteiger partial charge is 0.497 e. The van der Waals surface area contributed by atoms with Gasteiger partial charge in [-0.05, 0) is 50.1 Å². The molecule has 0 aliphatic heterocycles. The summed E-state index contributed by atoms with van der Waals surface area (Å²) in [5.41, 5.74) is 2.61. The molecule has 4 aromatic rings. The Morgan fingerprint density at radius 2 is 2.18 bits per heavy atom. The van der Waals surface area contributed by atoms with Crippen LogP contribution in [0.5, 0.6) is 11.6 Å². The second-order valence-corrected chi connectivity index (χ2v) is 9.75. The molecule has 6 nitrogen and oxygen atoms in total. The van der Waals surface area contributed by atoms with Crippen molar-refractivity contribution >= 4 is 28.6 Å². The van der Waals surface area contributed by atoms with Gasteiger partial charge in [0.15, 0.2) is 10.0 Å². The number of benzene rings is 1. The van der Waals surface area contributed by atoms with Crippen LogP contribution in [0, 0.1) is 24.7 Å². The number of fused-ring (bicyclic) bond motifs is 1. The number of aromatic nitrogens is 3. The minimum atomic E-state index is -0.320. The number of nitrogens with zero attached hydrogens (tertiary/aromatic N) is 3. The second-order valence-electron chi connectivity index (χ2n) is 8.05. The zero-order valence-electron chi connectivity index (χ0n) is 18.1. The monoisotopic (exact) mass is 478 g/mol. The SMILES string of the molecule is COc1cc(C#CC2CC2)cc(-c2c(O)[n+](Cc3cnc(Cl)s3)c3c(C)cccn3c2=O)c1. The summed E-state index contributed by atoms with van der Waals surface area (Å²) >= 11 is 7.36. The molecule has 1 saturated carbocycles. The molecule has 0 unspecified atom stereocenters. The maximum Gasteiger partial charge on any atom is 0.354 e. The van der Waals surface area contributed by atoms with E-state index >= 15 is 0 Å². The maximum absolute atomic E-state index is 13.6. The molecule has 0 bridgehead atoms. The minimum Gasteiger partial charge on any atom is -0.497 e. The number of hydrogen-bond donors (Lipinski definition) is 1. The van der Waals surface area contributed by atoms with Crippen molar-refractivity contribution in [2.24, 2.45) is 5.92 Å². The van der Waals surface area contributed by atoms with E-state index in [4.69, 9.17) is 16.3 Å². The number of hydrogen-bond acceptors (Lipinski definition) is 5. The van der Waals surface area contributed by atoms with Crippen molar-refractivity contribution in [3.05, 3.63) is 73.6 Å². The predicted molar refractivity (Wildman–Crippen MR) is 128 cm³/mol. The van der Waals surface area contributed by atoms with Gasteiger partial charge in [-0.3, -0.25) is 0 Å². The lowest BCUT2D eigenvalue weighted by molar-refractivity contribution is -0.671. The number of thiazole rings is 1. The molecule has 0 radical (unpaired) electrons. The van der Waals surface area contributed by atoms with Crippen molar-refractivity contribution in [2.45, 2.75) is 26.3 Å². The molecule has 8 heteroatoms. The Kier molecular flexibility index (Phi) is 5.57. The third kappa shape index (κ3) is 4.20. The fraction of sp³-hybridized carbons (Fsp3) is 0.240. The van der Waals surface area contributed by atoms with Crippen LogP contribution in [0.15, 0.2) is 47.5 Å². The molecule has 0 amide bonds. The van der Waals surface area contributed by atoms with Gasteiger partial charge >= 0.3 is 5.56 Å². The lowest BCUT2D eigenvalue weighted by Crippen LogP contribution is -2.41. The average Bonchev–Trinajstić information content (AvgIpc) is 3.55. The predicted octanol–water partition coefficient (Wildman–Crippen LogP) is 4.20. The highest BCUT2D eigenvalue weighted by Gasteiger charge is 2.27. The normalized spacial score (nSPS) is 13.1. The van der Waals surface area contributed by atoms with Crippen molar-refractivity contribution in [1.29, 1.82) is 0 Å². The zero-order valence-corrected chi connectivity index (χ0v) is 19.7. The summed E-state index contributed by atoms with van der Waals surface area (Å²) in [5.74, 6) is 7.31. The molecule has 0 saturated heterocycles. The smallest absolute Gasteiger partial charge is 0.354 e. The van der Waals surface area contributed by atoms with E-state index in [2.05, 4.69) is 16.8 Å². The van der Waals surface area contributed by atoms with Crippen molar-refractivity contribution in [2.75, 3.05) is 7.11 Å². The Morgan fingerprint density at radius 1 is 1.36 bits per heavy atom.